The highest BCUT2D eigenvalue weighted by Gasteiger charge is 2.04. The molecule has 100 valence electrons. The molecule has 0 radical (unpaired) electrons. The minimum absolute atomic E-state index is 0.834. The van der Waals surface area contributed by atoms with Crippen LogP contribution in [0.3, 0.4) is 0 Å². The normalized spacial score (nSPS) is 10.8. The van der Waals surface area contributed by atoms with Gasteiger partial charge in [0, 0.05) is 31.2 Å². The summed E-state index contributed by atoms with van der Waals surface area (Å²) in [4.78, 5) is 6.57. The van der Waals surface area contributed by atoms with Crippen LogP contribution in [0.5, 0.6) is 0 Å². The van der Waals surface area contributed by atoms with Gasteiger partial charge in [0.1, 0.15) is 0 Å². The first kappa shape index (κ1) is 13.6. The van der Waals surface area contributed by atoms with Crippen molar-refractivity contribution in [3.63, 3.8) is 0 Å². The molecule has 0 unspecified atom stereocenters. The van der Waals surface area contributed by atoms with E-state index in [-0.39, 0.29) is 0 Å². The number of aromatic nitrogens is 1. The smallest absolute Gasteiger partial charge is 0.0317 e. The fraction of sp³-hybridized carbons (Fsp3) is 0.312. The van der Waals surface area contributed by atoms with E-state index in [1.807, 2.05) is 36.7 Å². The Bertz CT molecular complexity index is 496. The van der Waals surface area contributed by atoms with Crippen LogP contribution in [0.4, 0.5) is 5.69 Å². The highest BCUT2D eigenvalue weighted by atomic mass is 15.1. The summed E-state index contributed by atoms with van der Waals surface area (Å²) in [7, 11) is 0. The van der Waals surface area contributed by atoms with Gasteiger partial charge in [-0.1, -0.05) is 25.1 Å². The molecular formula is C16H21N3. The van der Waals surface area contributed by atoms with Gasteiger partial charge in [-0.3, -0.25) is 9.88 Å². The summed E-state index contributed by atoms with van der Waals surface area (Å²) in [5.74, 6) is 0. The van der Waals surface area contributed by atoms with Gasteiger partial charge in [0.15, 0.2) is 0 Å². The maximum absolute atomic E-state index is 5.81. The Labute approximate surface area is 115 Å². The molecule has 1 heterocycles. The number of nitrogen functional groups attached to an aromatic ring is 1. The van der Waals surface area contributed by atoms with Gasteiger partial charge in [-0.15, -0.1) is 0 Å². The summed E-state index contributed by atoms with van der Waals surface area (Å²) in [6.45, 7) is 5.21. The first-order chi connectivity index (χ1) is 9.28. The molecule has 0 amide bonds. The molecule has 3 heteroatoms. The molecule has 1 aromatic heterocycles. The molecule has 2 N–H and O–H groups in total. The number of nitrogens with zero attached hydrogens (tertiary/aromatic N) is 2. The number of rotatable bonds is 6. The van der Waals surface area contributed by atoms with Crippen LogP contribution < -0.4 is 5.73 Å². The number of benzene rings is 1. The van der Waals surface area contributed by atoms with Crippen LogP contribution in [-0.4, -0.2) is 23.0 Å². The molecule has 0 spiro atoms. The summed E-state index contributed by atoms with van der Waals surface area (Å²) < 4.78 is 0. The number of likely N-dealkylation sites (N-methyl/N-ethyl adjacent to an activating group) is 1. The standard InChI is InChI=1S/C16H21N3/c1-2-19(10-8-14-6-4-9-18-12-14)13-15-5-3-7-16(17)11-15/h3-7,9,11-12H,2,8,10,13,17H2,1H3. The van der Waals surface area contributed by atoms with Gasteiger partial charge in [-0.05, 0) is 42.3 Å². The van der Waals surface area contributed by atoms with Crippen molar-refractivity contribution in [1.29, 1.82) is 0 Å². The number of hydrogen-bond donors (Lipinski definition) is 1. The average Bonchev–Trinajstić information content (AvgIpc) is 2.44. The van der Waals surface area contributed by atoms with Crippen LogP contribution in [-0.2, 0) is 13.0 Å². The predicted molar refractivity (Wildman–Crippen MR) is 79.7 cm³/mol. The topological polar surface area (TPSA) is 42.2 Å². The highest BCUT2D eigenvalue weighted by molar-refractivity contribution is 5.40. The first-order valence-corrected chi connectivity index (χ1v) is 6.73. The molecule has 3 nitrogen and oxygen atoms in total. The van der Waals surface area contributed by atoms with Crippen molar-refractivity contribution in [1.82, 2.24) is 9.88 Å². The van der Waals surface area contributed by atoms with Crippen molar-refractivity contribution >= 4 is 5.69 Å². The highest BCUT2D eigenvalue weighted by Crippen LogP contribution is 2.10. The average molecular weight is 255 g/mol. The van der Waals surface area contributed by atoms with E-state index in [9.17, 15) is 0 Å². The third-order valence-corrected chi connectivity index (χ3v) is 3.24. The first-order valence-electron chi connectivity index (χ1n) is 6.73. The largest absolute Gasteiger partial charge is 0.399 e. The number of nitrogens with two attached hydrogens (primary N) is 1. The zero-order valence-corrected chi connectivity index (χ0v) is 11.4. The van der Waals surface area contributed by atoms with Gasteiger partial charge in [0.25, 0.3) is 0 Å². The molecular weight excluding hydrogens is 234 g/mol. The number of hydrogen-bond acceptors (Lipinski definition) is 3. The summed E-state index contributed by atoms with van der Waals surface area (Å²) >= 11 is 0. The van der Waals surface area contributed by atoms with Crippen LogP contribution in [0.15, 0.2) is 48.8 Å². The monoisotopic (exact) mass is 255 g/mol. The Morgan fingerprint density at radius 2 is 2.00 bits per heavy atom. The second-order valence-electron chi connectivity index (χ2n) is 4.73. The van der Waals surface area contributed by atoms with Gasteiger partial charge < -0.3 is 5.73 Å². The second kappa shape index (κ2) is 6.90. The lowest BCUT2D eigenvalue weighted by Crippen LogP contribution is -2.25. The van der Waals surface area contributed by atoms with Crippen LogP contribution in [0.25, 0.3) is 0 Å². The van der Waals surface area contributed by atoms with E-state index in [1.54, 1.807) is 0 Å². The lowest BCUT2D eigenvalue weighted by Gasteiger charge is -2.20. The molecule has 0 saturated carbocycles. The molecule has 0 saturated heterocycles. The van der Waals surface area contributed by atoms with E-state index in [1.165, 1.54) is 11.1 Å². The fourth-order valence-electron chi connectivity index (χ4n) is 2.13. The molecule has 0 bridgehead atoms. The zero-order valence-electron chi connectivity index (χ0n) is 11.4. The Morgan fingerprint density at radius 1 is 1.16 bits per heavy atom. The van der Waals surface area contributed by atoms with E-state index in [4.69, 9.17) is 5.73 Å². The van der Waals surface area contributed by atoms with E-state index < -0.39 is 0 Å². The van der Waals surface area contributed by atoms with Crippen molar-refractivity contribution < 1.29 is 0 Å². The molecule has 0 aliphatic heterocycles. The molecule has 19 heavy (non-hydrogen) atoms. The van der Waals surface area contributed by atoms with Crippen LogP contribution in [0, 0.1) is 0 Å². The van der Waals surface area contributed by atoms with E-state index in [2.05, 4.69) is 28.9 Å². The minimum Gasteiger partial charge on any atom is -0.399 e. The van der Waals surface area contributed by atoms with Gasteiger partial charge in [0.05, 0.1) is 0 Å². The van der Waals surface area contributed by atoms with E-state index in [0.717, 1.165) is 31.7 Å². The molecule has 2 aromatic rings. The van der Waals surface area contributed by atoms with Crippen LogP contribution in [0.1, 0.15) is 18.1 Å². The van der Waals surface area contributed by atoms with Gasteiger partial charge >= 0.3 is 0 Å². The maximum Gasteiger partial charge on any atom is 0.0317 e. The molecule has 0 aliphatic carbocycles. The molecule has 0 atom stereocenters. The van der Waals surface area contributed by atoms with E-state index >= 15 is 0 Å². The predicted octanol–water partition coefficient (Wildman–Crippen LogP) is 2.73. The lowest BCUT2D eigenvalue weighted by molar-refractivity contribution is 0.283. The SMILES string of the molecule is CCN(CCc1cccnc1)Cc1cccc(N)c1. The molecule has 0 fully saturated rings. The summed E-state index contributed by atoms with van der Waals surface area (Å²) in [6.07, 6.45) is 4.78. The van der Waals surface area contributed by atoms with Crippen LogP contribution >= 0.6 is 0 Å². The zero-order chi connectivity index (χ0) is 13.5. The van der Waals surface area contributed by atoms with Crippen molar-refractivity contribution in [2.75, 3.05) is 18.8 Å². The Morgan fingerprint density at radius 3 is 2.68 bits per heavy atom. The fourth-order valence-corrected chi connectivity index (χ4v) is 2.13. The van der Waals surface area contributed by atoms with Gasteiger partial charge in [-0.25, -0.2) is 0 Å². The number of anilines is 1. The number of pyridine rings is 1. The van der Waals surface area contributed by atoms with Crippen molar-refractivity contribution in [2.24, 2.45) is 0 Å². The van der Waals surface area contributed by atoms with Gasteiger partial charge in [0.2, 0.25) is 0 Å². The van der Waals surface area contributed by atoms with Crippen molar-refractivity contribution in [3.8, 4) is 0 Å². The molecule has 2 rings (SSSR count). The summed E-state index contributed by atoms with van der Waals surface area (Å²) in [6, 6.07) is 12.2. The minimum atomic E-state index is 0.834. The van der Waals surface area contributed by atoms with Crippen molar-refractivity contribution in [2.45, 2.75) is 19.9 Å². The lowest BCUT2D eigenvalue weighted by atomic mass is 10.1. The maximum atomic E-state index is 5.81. The van der Waals surface area contributed by atoms with Crippen LogP contribution in [0.2, 0.25) is 0 Å². The quantitative estimate of drug-likeness (QED) is 0.807. The van der Waals surface area contributed by atoms with Crippen molar-refractivity contribution in [3.05, 3.63) is 59.9 Å². The summed E-state index contributed by atoms with van der Waals surface area (Å²) in [5.41, 5.74) is 9.21. The molecule has 1 aromatic carbocycles. The van der Waals surface area contributed by atoms with E-state index in [0.29, 0.717) is 0 Å². The Balaban J connectivity index is 1.90. The summed E-state index contributed by atoms with van der Waals surface area (Å²) in [5, 5.41) is 0. The third kappa shape index (κ3) is 4.38. The van der Waals surface area contributed by atoms with Gasteiger partial charge in [-0.2, -0.15) is 0 Å². The molecule has 0 aliphatic rings. The Kier molecular flexibility index (Phi) is 4.93. The second-order valence-corrected chi connectivity index (χ2v) is 4.73. The Hall–Kier alpha value is -1.87. The third-order valence-electron chi connectivity index (χ3n) is 3.24.